The molecule has 3 rings (SSSR count). The highest BCUT2D eigenvalue weighted by Crippen LogP contribution is 2.24. The van der Waals surface area contributed by atoms with Gasteiger partial charge in [0.05, 0.1) is 5.71 Å². The Kier molecular flexibility index (Phi) is 8.98. The van der Waals surface area contributed by atoms with Crippen LogP contribution in [-0.2, 0) is 0 Å². The van der Waals surface area contributed by atoms with Gasteiger partial charge in [-0.25, -0.2) is 0 Å². The van der Waals surface area contributed by atoms with Crippen molar-refractivity contribution in [2.75, 3.05) is 32.9 Å². The summed E-state index contributed by atoms with van der Waals surface area (Å²) in [7, 11) is 2.23. The van der Waals surface area contributed by atoms with Gasteiger partial charge in [-0.05, 0) is 68.6 Å². The second-order valence-corrected chi connectivity index (χ2v) is 8.73. The van der Waals surface area contributed by atoms with Gasteiger partial charge in [0.25, 0.3) is 0 Å². The Bertz CT molecular complexity index is 941. The third kappa shape index (κ3) is 6.20. The predicted molar refractivity (Wildman–Crippen MR) is 134 cm³/mol. The first-order valence-corrected chi connectivity index (χ1v) is 12.3. The highest BCUT2D eigenvalue weighted by Gasteiger charge is 2.11. The number of hydrogen-bond acceptors (Lipinski definition) is 3. The van der Waals surface area contributed by atoms with E-state index in [2.05, 4.69) is 91.9 Å². The molecule has 2 nitrogen and oxygen atoms in total. The normalized spacial score (nSPS) is 12.1. The summed E-state index contributed by atoms with van der Waals surface area (Å²) in [5, 5.41) is 2.54. The van der Waals surface area contributed by atoms with E-state index in [0.717, 1.165) is 25.2 Å². The zero-order valence-corrected chi connectivity index (χ0v) is 19.4. The number of aliphatic imine (C=N–C) groups is 1. The van der Waals surface area contributed by atoms with Crippen LogP contribution in [0, 0.1) is 0 Å². The van der Waals surface area contributed by atoms with Gasteiger partial charge in [0.1, 0.15) is 0 Å². The molecule has 0 amide bonds. The summed E-state index contributed by atoms with van der Waals surface area (Å²) in [6.45, 7) is 5.47. The van der Waals surface area contributed by atoms with E-state index in [9.17, 15) is 0 Å². The summed E-state index contributed by atoms with van der Waals surface area (Å²) < 4.78 is 0. The second-order valence-electron chi connectivity index (χ2n) is 7.85. The average Bonchev–Trinajstić information content (AvgIpc) is 2.80. The quantitative estimate of drug-likeness (QED) is 0.191. The van der Waals surface area contributed by atoms with Gasteiger partial charge in [0.15, 0.2) is 0 Å². The van der Waals surface area contributed by atoms with E-state index in [-0.39, 0.29) is 0 Å². The maximum absolute atomic E-state index is 5.12. The molecule has 3 aromatic rings. The minimum absolute atomic E-state index is 0.866. The van der Waals surface area contributed by atoms with Gasteiger partial charge in [0.2, 0.25) is 0 Å². The lowest BCUT2D eigenvalue weighted by molar-refractivity contribution is 0.321. The van der Waals surface area contributed by atoms with Crippen molar-refractivity contribution < 1.29 is 0 Å². The van der Waals surface area contributed by atoms with Gasteiger partial charge in [0, 0.05) is 22.6 Å². The number of fused-ring (bicyclic) bond motifs is 1. The van der Waals surface area contributed by atoms with E-state index >= 15 is 0 Å². The maximum Gasteiger partial charge on any atom is 0.0725 e. The number of benzene rings is 3. The van der Waals surface area contributed by atoms with Crippen molar-refractivity contribution >= 4 is 28.2 Å². The fourth-order valence-corrected chi connectivity index (χ4v) is 4.15. The standard InChI is InChI=1S/C27H34N2S/c1-4-5-20-29(2)21-9-8-19-28-27(23-15-17-24(30-3)18-16-23)26-14-10-12-22-11-6-7-13-25(22)26/h6-7,10-18H,4-5,8-9,19-21H2,1-3H3. The Morgan fingerprint density at radius 1 is 0.867 bits per heavy atom. The van der Waals surface area contributed by atoms with Gasteiger partial charge in [-0.3, -0.25) is 4.99 Å². The molecule has 0 atom stereocenters. The molecular formula is C27H34N2S. The number of thioether (sulfide) groups is 1. The second kappa shape index (κ2) is 11.9. The van der Waals surface area contributed by atoms with E-state index in [1.165, 1.54) is 52.6 Å². The van der Waals surface area contributed by atoms with Crippen LogP contribution in [-0.4, -0.2) is 43.5 Å². The molecule has 0 unspecified atom stereocenters. The molecule has 0 spiro atoms. The number of nitrogens with zero attached hydrogens (tertiary/aromatic N) is 2. The van der Waals surface area contributed by atoms with E-state index < -0.39 is 0 Å². The first kappa shape index (κ1) is 22.6. The smallest absolute Gasteiger partial charge is 0.0725 e. The Hall–Kier alpha value is -2.10. The molecule has 3 heteroatoms. The Morgan fingerprint density at radius 3 is 2.37 bits per heavy atom. The molecule has 0 bridgehead atoms. The van der Waals surface area contributed by atoms with Crippen molar-refractivity contribution in [3.8, 4) is 0 Å². The summed E-state index contributed by atoms with van der Waals surface area (Å²) in [6.07, 6.45) is 6.97. The Labute approximate surface area is 186 Å². The molecule has 0 aliphatic rings. The topological polar surface area (TPSA) is 15.6 Å². The fraction of sp³-hybridized carbons (Fsp3) is 0.370. The van der Waals surface area contributed by atoms with Crippen LogP contribution < -0.4 is 0 Å². The Balaban J connectivity index is 1.80. The molecule has 0 aliphatic carbocycles. The number of rotatable bonds is 11. The molecule has 0 saturated heterocycles. The van der Waals surface area contributed by atoms with Crippen molar-refractivity contribution in [2.24, 2.45) is 4.99 Å². The molecule has 0 aliphatic heterocycles. The van der Waals surface area contributed by atoms with Crippen LogP contribution in [0.3, 0.4) is 0 Å². The molecule has 0 heterocycles. The van der Waals surface area contributed by atoms with Gasteiger partial charge < -0.3 is 4.90 Å². The van der Waals surface area contributed by atoms with Gasteiger partial charge in [-0.1, -0.05) is 67.9 Å². The van der Waals surface area contributed by atoms with Crippen molar-refractivity contribution in [3.05, 3.63) is 77.9 Å². The summed E-state index contributed by atoms with van der Waals surface area (Å²) in [5.74, 6) is 0. The summed E-state index contributed by atoms with van der Waals surface area (Å²) in [4.78, 5) is 8.85. The van der Waals surface area contributed by atoms with Gasteiger partial charge in [-0.15, -0.1) is 11.8 Å². The lowest BCUT2D eigenvalue weighted by atomic mass is 9.96. The molecule has 0 fully saturated rings. The van der Waals surface area contributed by atoms with Crippen LogP contribution >= 0.6 is 11.8 Å². The van der Waals surface area contributed by atoms with E-state index in [4.69, 9.17) is 4.99 Å². The van der Waals surface area contributed by atoms with E-state index in [0.29, 0.717) is 0 Å². The zero-order valence-electron chi connectivity index (χ0n) is 18.6. The molecule has 0 saturated carbocycles. The number of hydrogen-bond donors (Lipinski definition) is 0. The summed E-state index contributed by atoms with van der Waals surface area (Å²) in [6, 6.07) is 24.0. The van der Waals surface area contributed by atoms with Crippen molar-refractivity contribution in [1.82, 2.24) is 4.90 Å². The molecular weight excluding hydrogens is 384 g/mol. The van der Waals surface area contributed by atoms with Gasteiger partial charge in [-0.2, -0.15) is 0 Å². The van der Waals surface area contributed by atoms with Crippen LogP contribution in [0.1, 0.15) is 43.7 Å². The SMILES string of the molecule is CCCCN(C)CCCCN=C(c1ccc(SC)cc1)c1cccc2ccccc12. The predicted octanol–water partition coefficient (Wildman–Crippen LogP) is 6.91. The molecule has 0 aromatic heterocycles. The number of unbranched alkanes of at least 4 members (excludes halogenated alkanes) is 2. The maximum atomic E-state index is 5.12. The first-order chi connectivity index (χ1) is 14.7. The molecule has 30 heavy (non-hydrogen) atoms. The van der Waals surface area contributed by atoms with Crippen LogP contribution in [0.2, 0.25) is 0 Å². The lowest BCUT2D eigenvalue weighted by Gasteiger charge is -2.15. The summed E-state index contributed by atoms with van der Waals surface area (Å²) in [5.41, 5.74) is 3.54. The minimum Gasteiger partial charge on any atom is -0.306 e. The van der Waals surface area contributed by atoms with Crippen molar-refractivity contribution in [1.29, 1.82) is 0 Å². The van der Waals surface area contributed by atoms with Crippen LogP contribution in [0.15, 0.2) is 76.6 Å². The summed E-state index contributed by atoms with van der Waals surface area (Å²) >= 11 is 1.78. The molecule has 0 radical (unpaired) electrons. The van der Waals surface area contributed by atoms with Crippen molar-refractivity contribution in [3.63, 3.8) is 0 Å². The average molecular weight is 419 g/mol. The van der Waals surface area contributed by atoms with Crippen LogP contribution in [0.25, 0.3) is 10.8 Å². The Morgan fingerprint density at radius 2 is 1.60 bits per heavy atom. The molecule has 158 valence electrons. The highest BCUT2D eigenvalue weighted by molar-refractivity contribution is 7.98. The van der Waals surface area contributed by atoms with Gasteiger partial charge >= 0.3 is 0 Å². The third-order valence-corrected chi connectivity index (χ3v) is 6.26. The highest BCUT2D eigenvalue weighted by atomic mass is 32.2. The third-order valence-electron chi connectivity index (χ3n) is 5.52. The lowest BCUT2D eigenvalue weighted by Crippen LogP contribution is -2.20. The fourth-order valence-electron chi connectivity index (χ4n) is 3.74. The monoisotopic (exact) mass is 418 g/mol. The largest absolute Gasteiger partial charge is 0.306 e. The van der Waals surface area contributed by atoms with Crippen LogP contribution in [0.4, 0.5) is 0 Å². The minimum atomic E-state index is 0.866. The van der Waals surface area contributed by atoms with Crippen LogP contribution in [0.5, 0.6) is 0 Å². The molecule has 0 N–H and O–H groups in total. The van der Waals surface area contributed by atoms with E-state index in [1.54, 1.807) is 11.8 Å². The van der Waals surface area contributed by atoms with E-state index in [1.807, 2.05) is 0 Å². The zero-order chi connectivity index (χ0) is 21.2. The molecule has 3 aromatic carbocycles. The first-order valence-electron chi connectivity index (χ1n) is 11.1. The van der Waals surface area contributed by atoms with Crippen molar-refractivity contribution in [2.45, 2.75) is 37.5 Å².